The van der Waals surface area contributed by atoms with Crippen molar-refractivity contribution >= 4 is 11.8 Å². The molecule has 0 fully saturated rings. The van der Waals surface area contributed by atoms with Crippen LogP contribution in [-0.2, 0) is 0 Å². The predicted octanol–water partition coefficient (Wildman–Crippen LogP) is 0.839. The van der Waals surface area contributed by atoms with Crippen molar-refractivity contribution in [2.45, 2.75) is 13.8 Å². The van der Waals surface area contributed by atoms with E-state index in [-0.39, 0.29) is 5.76 Å². The molecule has 0 spiro atoms. The van der Waals surface area contributed by atoms with E-state index < -0.39 is 0 Å². The van der Waals surface area contributed by atoms with Gasteiger partial charge in [0.05, 0.1) is 10.8 Å². The minimum Gasteiger partial charge on any atom is -0.860 e. The first-order valence-electron chi connectivity index (χ1n) is 5.69. The monoisotopic (exact) mass is 220 g/mol. The van der Waals surface area contributed by atoms with E-state index in [1.807, 2.05) is 50.2 Å². The van der Waals surface area contributed by atoms with Gasteiger partial charge in [0.25, 0.3) is 0 Å². The van der Waals surface area contributed by atoms with Crippen LogP contribution < -0.4 is 15.5 Å². The van der Waals surface area contributed by atoms with Crippen LogP contribution in [0.1, 0.15) is 22.3 Å². The summed E-state index contributed by atoms with van der Waals surface area (Å²) in [6.45, 7) is 4.00. The van der Waals surface area contributed by atoms with Crippen LogP contribution in [0.3, 0.4) is 0 Å². The number of rotatable bonds is 0. The number of fused-ring (bicyclic) bond motifs is 2. The van der Waals surface area contributed by atoms with E-state index in [0.717, 1.165) is 32.7 Å². The van der Waals surface area contributed by atoms with Gasteiger partial charge in [-0.3, -0.25) is 0 Å². The van der Waals surface area contributed by atoms with Crippen LogP contribution in [0.15, 0.2) is 36.4 Å². The van der Waals surface area contributed by atoms with E-state index in [9.17, 15) is 5.11 Å². The summed E-state index contributed by atoms with van der Waals surface area (Å²) in [7, 11) is 0. The van der Waals surface area contributed by atoms with Crippen molar-refractivity contribution in [2.24, 2.45) is 0 Å². The topological polar surface area (TPSA) is 23.1 Å². The fourth-order valence-corrected chi connectivity index (χ4v) is 2.32. The lowest BCUT2D eigenvalue weighted by molar-refractivity contribution is -0.245. The van der Waals surface area contributed by atoms with E-state index >= 15 is 0 Å². The van der Waals surface area contributed by atoms with Crippen molar-refractivity contribution in [1.82, 2.24) is 0 Å². The predicted molar refractivity (Wildman–Crippen MR) is 66.6 cm³/mol. The summed E-state index contributed by atoms with van der Waals surface area (Å²) in [5, 5.41) is 14.2. The molecule has 0 aromatic heterocycles. The molecule has 1 heteroatoms. The van der Waals surface area contributed by atoms with Crippen LogP contribution in [0.2, 0.25) is 0 Å². The van der Waals surface area contributed by atoms with Crippen LogP contribution in [0, 0.1) is 13.8 Å². The summed E-state index contributed by atoms with van der Waals surface area (Å²) in [4.78, 5) is 0. The van der Waals surface area contributed by atoms with Crippen LogP contribution in [0.5, 0.6) is 0 Å². The van der Waals surface area contributed by atoms with E-state index in [2.05, 4.69) is 6.08 Å². The van der Waals surface area contributed by atoms with Gasteiger partial charge in [-0.1, -0.05) is 0 Å². The molecular weight excluding hydrogens is 208 g/mol. The molecule has 2 aromatic rings. The second kappa shape index (κ2) is 3.44. The summed E-state index contributed by atoms with van der Waals surface area (Å²) < 4.78 is 0. The molecule has 1 aliphatic rings. The highest BCUT2D eigenvalue weighted by Crippen LogP contribution is 2.16. The molecule has 0 N–H and O–H groups in total. The quantitative estimate of drug-likeness (QED) is 0.603. The molecule has 3 rings (SSSR count). The van der Waals surface area contributed by atoms with Crippen molar-refractivity contribution in [1.29, 1.82) is 0 Å². The van der Waals surface area contributed by atoms with Crippen LogP contribution in [0.4, 0.5) is 0 Å². The molecule has 0 bridgehead atoms. The molecule has 1 aliphatic carbocycles. The van der Waals surface area contributed by atoms with Crippen molar-refractivity contribution in [2.75, 3.05) is 0 Å². The second-order valence-corrected chi connectivity index (χ2v) is 4.45. The molecule has 17 heavy (non-hydrogen) atoms. The van der Waals surface area contributed by atoms with Gasteiger partial charge in [0.2, 0.25) is 0 Å². The van der Waals surface area contributed by atoms with Crippen molar-refractivity contribution in [3.05, 3.63) is 69.1 Å². The highest BCUT2D eigenvalue weighted by molar-refractivity contribution is 5.73. The van der Waals surface area contributed by atoms with Crippen LogP contribution in [0.25, 0.3) is 11.8 Å². The maximum Gasteiger partial charge on any atom is 0.132 e. The van der Waals surface area contributed by atoms with Crippen molar-refractivity contribution < 1.29 is 5.11 Å². The number of aryl methyl sites for hydroxylation is 2. The SMILES string of the molecule is Cc1ccc(C)c2c1=[C+]c1ccccc1C=2[O-]. The zero-order valence-electron chi connectivity index (χ0n) is 9.87. The Morgan fingerprint density at radius 2 is 1.65 bits per heavy atom. The first-order chi connectivity index (χ1) is 8.18. The maximum absolute atomic E-state index is 12.4. The van der Waals surface area contributed by atoms with E-state index in [1.54, 1.807) is 0 Å². The molecule has 0 saturated heterocycles. The molecular formula is C16H12O. The number of hydrogen-bond acceptors (Lipinski definition) is 1. The molecule has 1 nitrogen and oxygen atoms in total. The summed E-state index contributed by atoms with van der Waals surface area (Å²) in [6.07, 6.45) is 3.36. The Hall–Kier alpha value is -2.11. The first kappa shape index (κ1) is 10.1. The lowest BCUT2D eigenvalue weighted by Crippen LogP contribution is -2.38. The minimum atomic E-state index is 0.121. The molecule has 0 aliphatic heterocycles. The molecule has 0 amide bonds. The highest BCUT2D eigenvalue weighted by Gasteiger charge is 2.15. The summed E-state index contributed by atoms with van der Waals surface area (Å²) in [5.74, 6) is 0.121. The third kappa shape index (κ3) is 1.37. The smallest absolute Gasteiger partial charge is 0.132 e. The fourth-order valence-electron chi connectivity index (χ4n) is 2.32. The standard InChI is InChI=1S/C16H12O/c1-10-7-8-11(2)15-14(10)9-12-5-3-4-6-13(12)16(15)17/h3-8H,1-2H3. The van der Waals surface area contributed by atoms with Crippen LogP contribution in [-0.4, -0.2) is 0 Å². The number of hydrogen-bond donors (Lipinski definition) is 0. The lowest BCUT2D eigenvalue weighted by Gasteiger charge is -2.14. The third-order valence-corrected chi connectivity index (χ3v) is 3.28. The zero-order valence-corrected chi connectivity index (χ0v) is 9.87. The van der Waals surface area contributed by atoms with E-state index in [4.69, 9.17) is 0 Å². The first-order valence-corrected chi connectivity index (χ1v) is 5.69. The van der Waals surface area contributed by atoms with E-state index in [0.29, 0.717) is 0 Å². The van der Waals surface area contributed by atoms with Gasteiger partial charge < -0.3 is 5.11 Å². The Kier molecular flexibility index (Phi) is 2.04. The molecule has 0 unspecified atom stereocenters. The Balaban J connectivity index is 2.56. The van der Waals surface area contributed by atoms with Gasteiger partial charge in [0.1, 0.15) is 10.8 Å². The summed E-state index contributed by atoms with van der Waals surface area (Å²) in [6, 6.07) is 11.7. The molecule has 0 heterocycles. The van der Waals surface area contributed by atoms with Gasteiger partial charge in [0.15, 0.2) is 0 Å². The maximum atomic E-state index is 12.4. The van der Waals surface area contributed by atoms with Gasteiger partial charge in [0, 0.05) is 17.7 Å². The van der Waals surface area contributed by atoms with Gasteiger partial charge in [-0.05, 0) is 55.5 Å². The Labute approximate surface area is 100 Å². The molecule has 2 aromatic carbocycles. The largest absolute Gasteiger partial charge is 0.860 e. The molecule has 0 saturated carbocycles. The Bertz CT molecular complexity index is 724. The Morgan fingerprint density at radius 1 is 0.941 bits per heavy atom. The average Bonchev–Trinajstić information content (AvgIpc) is 2.34. The normalized spacial score (nSPS) is 12.2. The van der Waals surface area contributed by atoms with E-state index in [1.165, 1.54) is 0 Å². The molecule has 0 radical (unpaired) electrons. The summed E-state index contributed by atoms with van der Waals surface area (Å²) in [5.41, 5.74) is 3.79. The van der Waals surface area contributed by atoms with Gasteiger partial charge in [-0.15, -0.1) is 0 Å². The fraction of sp³-hybridized carbons (Fsp3) is 0.125. The van der Waals surface area contributed by atoms with Crippen molar-refractivity contribution in [3.8, 4) is 0 Å². The van der Waals surface area contributed by atoms with Gasteiger partial charge in [-0.2, -0.15) is 0 Å². The van der Waals surface area contributed by atoms with Gasteiger partial charge >= 0.3 is 0 Å². The Morgan fingerprint density at radius 3 is 2.47 bits per heavy atom. The summed E-state index contributed by atoms with van der Waals surface area (Å²) >= 11 is 0. The van der Waals surface area contributed by atoms with Gasteiger partial charge in [-0.25, -0.2) is 0 Å². The highest BCUT2D eigenvalue weighted by atomic mass is 16.3. The number of benzene rings is 2. The third-order valence-electron chi connectivity index (χ3n) is 3.28. The zero-order chi connectivity index (χ0) is 12.0. The molecule has 82 valence electrons. The minimum absolute atomic E-state index is 0.121. The average molecular weight is 220 g/mol. The lowest BCUT2D eigenvalue weighted by atomic mass is 9.94. The van der Waals surface area contributed by atoms with Crippen molar-refractivity contribution in [3.63, 3.8) is 0 Å². The molecule has 0 atom stereocenters. The second-order valence-electron chi connectivity index (χ2n) is 4.45. The van der Waals surface area contributed by atoms with Crippen LogP contribution >= 0.6 is 0 Å².